The number of nitrogens with two attached hydrogens (primary N) is 1. The summed E-state index contributed by atoms with van der Waals surface area (Å²) in [5, 5.41) is 13.8. The van der Waals surface area contributed by atoms with Gasteiger partial charge in [0, 0.05) is 30.2 Å². The molecular formula is C21H23Cl2N5O4. The minimum atomic E-state index is -0.452. The van der Waals surface area contributed by atoms with E-state index in [1.807, 2.05) is 31.2 Å². The first-order valence-electron chi connectivity index (χ1n) is 9.88. The molecule has 0 saturated carbocycles. The molecule has 11 heteroatoms. The van der Waals surface area contributed by atoms with Gasteiger partial charge in [-0.05, 0) is 41.0 Å². The van der Waals surface area contributed by atoms with Gasteiger partial charge in [-0.25, -0.2) is 4.63 Å². The van der Waals surface area contributed by atoms with E-state index in [0.717, 1.165) is 11.1 Å². The summed E-state index contributed by atoms with van der Waals surface area (Å²) in [6.45, 7) is 3.98. The minimum Gasteiger partial charge on any atom is -0.490 e. The van der Waals surface area contributed by atoms with Gasteiger partial charge in [0.15, 0.2) is 11.5 Å². The van der Waals surface area contributed by atoms with E-state index in [0.29, 0.717) is 47.8 Å². The summed E-state index contributed by atoms with van der Waals surface area (Å²) in [7, 11) is 0. The highest BCUT2D eigenvalue weighted by atomic mass is 35.5. The van der Waals surface area contributed by atoms with Crippen molar-refractivity contribution in [2.75, 3.05) is 25.4 Å². The predicted molar refractivity (Wildman–Crippen MR) is 121 cm³/mol. The summed E-state index contributed by atoms with van der Waals surface area (Å²) in [4.78, 5) is 11.9. The van der Waals surface area contributed by atoms with E-state index in [2.05, 4.69) is 25.6 Å². The number of anilines is 1. The molecular weight excluding hydrogens is 457 g/mol. The van der Waals surface area contributed by atoms with Crippen LogP contribution in [-0.4, -0.2) is 35.9 Å². The molecule has 0 spiro atoms. The summed E-state index contributed by atoms with van der Waals surface area (Å²) in [6, 6.07) is 11.1. The number of nitrogens with one attached hydrogen (secondary N) is 2. The van der Waals surface area contributed by atoms with Crippen LogP contribution in [0.2, 0.25) is 10.0 Å². The number of nitrogen functional groups attached to an aromatic ring is 1. The number of hydrogen-bond donors (Lipinski definition) is 3. The van der Waals surface area contributed by atoms with Crippen molar-refractivity contribution >= 4 is 34.9 Å². The summed E-state index contributed by atoms with van der Waals surface area (Å²) in [5.74, 6) is 0.507. The van der Waals surface area contributed by atoms with Crippen molar-refractivity contribution in [2.45, 2.75) is 20.1 Å². The van der Waals surface area contributed by atoms with Crippen LogP contribution in [0, 0.1) is 0 Å². The number of ether oxygens (including phenoxy) is 2. The average molecular weight is 480 g/mol. The van der Waals surface area contributed by atoms with E-state index in [-0.39, 0.29) is 18.1 Å². The quantitative estimate of drug-likeness (QED) is 0.357. The molecule has 32 heavy (non-hydrogen) atoms. The van der Waals surface area contributed by atoms with E-state index in [1.54, 1.807) is 12.1 Å². The van der Waals surface area contributed by atoms with E-state index < -0.39 is 5.91 Å². The molecule has 1 heterocycles. The molecule has 1 amide bonds. The first-order chi connectivity index (χ1) is 15.5. The maximum absolute atomic E-state index is 11.9. The van der Waals surface area contributed by atoms with Crippen LogP contribution in [0.15, 0.2) is 41.0 Å². The molecule has 0 bridgehead atoms. The summed E-state index contributed by atoms with van der Waals surface area (Å²) < 4.78 is 16.1. The molecule has 4 N–H and O–H groups in total. The molecule has 0 aliphatic heterocycles. The fraction of sp³-hybridized carbons (Fsp3) is 0.286. The van der Waals surface area contributed by atoms with Crippen molar-refractivity contribution < 1.29 is 18.9 Å². The molecule has 0 unspecified atom stereocenters. The number of amides is 1. The van der Waals surface area contributed by atoms with Gasteiger partial charge in [-0.3, -0.25) is 4.79 Å². The van der Waals surface area contributed by atoms with Gasteiger partial charge < -0.3 is 25.8 Å². The van der Waals surface area contributed by atoms with Crippen LogP contribution in [0.3, 0.4) is 0 Å². The van der Waals surface area contributed by atoms with Crippen LogP contribution in [0.1, 0.15) is 28.5 Å². The molecule has 0 saturated heterocycles. The molecule has 0 radical (unpaired) electrons. The van der Waals surface area contributed by atoms with Crippen LogP contribution in [0.5, 0.6) is 11.5 Å². The number of carbonyl (C=O) groups excluding carboxylic acids is 1. The lowest BCUT2D eigenvalue weighted by Gasteiger charge is -2.16. The monoisotopic (exact) mass is 479 g/mol. The van der Waals surface area contributed by atoms with E-state index in [1.165, 1.54) is 0 Å². The largest absolute Gasteiger partial charge is 0.490 e. The Labute approximate surface area is 195 Å². The zero-order chi connectivity index (χ0) is 22.9. The number of rotatable bonds is 11. The molecule has 0 fully saturated rings. The second kappa shape index (κ2) is 11.6. The molecule has 170 valence electrons. The smallest absolute Gasteiger partial charge is 0.277 e. The van der Waals surface area contributed by atoms with Crippen molar-refractivity contribution in [3.8, 4) is 11.5 Å². The Morgan fingerprint density at radius 3 is 2.66 bits per heavy atom. The van der Waals surface area contributed by atoms with Gasteiger partial charge in [-0.15, -0.1) is 0 Å². The van der Waals surface area contributed by atoms with E-state index >= 15 is 0 Å². The minimum absolute atomic E-state index is 0.0366. The highest BCUT2D eigenvalue weighted by Gasteiger charge is 2.16. The highest BCUT2D eigenvalue weighted by molar-refractivity contribution is 6.32. The van der Waals surface area contributed by atoms with Crippen LogP contribution < -0.4 is 25.8 Å². The predicted octanol–water partition coefficient (Wildman–Crippen LogP) is 3.46. The van der Waals surface area contributed by atoms with Crippen LogP contribution in [0.4, 0.5) is 5.82 Å². The third-order valence-corrected chi connectivity index (χ3v) is 4.99. The maximum atomic E-state index is 11.9. The van der Waals surface area contributed by atoms with Crippen molar-refractivity contribution in [1.82, 2.24) is 20.9 Å². The summed E-state index contributed by atoms with van der Waals surface area (Å²) in [5.41, 5.74) is 7.21. The zero-order valence-electron chi connectivity index (χ0n) is 17.4. The second-order valence-electron chi connectivity index (χ2n) is 6.65. The molecule has 0 atom stereocenters. The highest BCUT2D eigenvalue weighted by Crippen LogP contribution is 2.37. The van der Waals surface area contributed by atoms with Crippen molar-refractivity contribution in [3.63, 3.8) is 0 Å². The molecule has 9 nitrogen and oxygen atoms in total. The summed E-state index contributed by atoms with van der Waals surface area (Å²) >= 11 is 12.7. The van der Waals surface area contributed by atoms with Gasteiger partial charge >= 0.3 is 0 Å². The van der Waals surface area contributed by atoms with Gasteiger partial charge in [0.2, 0.25) is 11.5 Å². The number of aromatic nitrogens is 2. The van der Waals surface area contributed by atoms with Crippen molar-refractivity contribution in [1.29, 1.82) is 0 Å². The van der Waals surface area contributed by atoms with E-state index in [4.69, 9.17) is 38.4 Å². The van der Waals surface area contributed by atoms with Gasteiger partial charge in [-0.2, -0.15) is 0 Å². The first-order valence-corrected chi connectivity index (χ1v) is 10.6. The Kier molecular flexibility index (Phi) is 8.55. The number of halogens is 2. The van der Waals surface area contributed by atoms with Gasteiger partial charge in [-0.1, -0.05) is 41.4 Å². The molecule has 0 aliphatic rings. The summed E-state index contributed by atoms with van der Waals surface area (Å²) in [6.07, 6.45) is 0. The standard InChI is InChI=1S/C21H23Cl2N5O4/c1-2-30-17-10-13(11-25-7-8-26-21(29)18-20(24)28-32-27-18)9-16(23)19(17)31-12-14-5-3-4-6-15(14)22/h3-6,9-10,25H,2,7-8,11-12H2,1H3,(H2,24,28)(H,26,29). The average Bonchev–Trinajstić information content (AvgIpc) is 3.20. The number of nitrogens with zero attached hydrogens (tertiary/aromatic N) is 2. The fourth-order valence-electron chi connectivity index (χ4n) is 2.83. The topological polar surface area (TPSA) is 125 Å². The van der Waals surface area contributed by atoms with Gasteiger partial charge in [0.1, 0.15) is 6.61 Å². The van der Waals surface area contributed by atoms with E-state index in [9.17, 15) is 4.79 Å². The number of benzene rings is 2. The maximum Gasteiger partial charge on any atom is 0.277 e. The Morgan fingerprint density at radius 1 is 1.12 bits per heavy atom. The van der Waals surface area contributed by atoms with Crippen LogP contribution >= 0.6 is 23.2 Å². The van der Waals surface area contributed by atoms with Crippen LogP contribution in [0.25, 0.3) is 0 Å². The van der Waals surface area contributed by atoms with Crippen LogP contribution in [-0.2, 0) is 13.2 Å². The molecule has 2 aromatic carbocycles. The normalized spacial score (nSPS) is 10.7. The Balaban J connectivity index is 1.55. The molecule has 1 aromatic heterocycles. The second-order valence-corrected chi connectivity index (χ2v) is 7.46. The Bertz CT molecular complexity index is 1060. The lowest BCUT2D eigenvalue weighted by molar-refractivity contribution is 0.0944. The molecule has 3 rings (SSSR count). The van der Waals surface area contributed by atoms with Crippen molar-refractivity contribution in [3.05, 3.63) is 63.3 Å². The Hall–Kier alpha value is -3.01. The number of hydrogen-bond acceptors (Lipinski definition) is 8. The number of carbonyl (C=O) groups is 1. The zero-order valence-corrected chi connectivity index (χ0v) is 18.9. The SMILES string of the molecule is CCOc1cc(CNCCNC(=O)c2nonc2N)cc(Cl)c1OCc1ccccc1Cl. The lowest BCUT2D eigenvalue weighted by atomic mass is 10.2. The lowest BCUT2D eigenvalue weighted by Crippen LogP contribution is -2.32. The van der Waals surface area contributed by atoms with Crippen molar-refractivity contribution in [2.24, 2.45) is 0 Å². The third-order valence-electron chi connectivity index (χ3n) is 4.34. The Morgan fingerprint density at radius 2 is 1.94 bits per heavy atom. The van der Waals surface area contributed by atoms with Gasteiger partial charge in [0.25, 0.3) is 5.91 Å². The third kappa shape index (κ3) is 6.25. The first kappa shape index (κ1) is 23.6. The molecule has 0 aliphatic carbocycles. The molecule has 3 aromatic rings. The van der Waals surface area contributed by atoms with Gasteiger partial charge in [0.05, 0.1) is 11.6 Å². The fourth-order valence-corrected chi connectivity index (χ4v) is 3.30.